The van der Waals surface area contributed by atoms with Crippen molar-refractivity contribution in [3.8, 4) is 0 Å². The number of nitrogens with one attached hydrogen (secondary N) is 1. The second kappa shape index (κ2) is 9.32. The standard InChI is InChI=1S/C14H21N3.2ClH/c1-3-5-14(17-10-8-15-9-11-17)13-7-4-6-12(2)16-13;;/h3-4,6-7,14-15H,1,5,8-11H2,2H3;2*1H/t14-;;/m0../s1. The average molecular weight is 304 g/mol. The minimum atomic E-state index is 0. The molecule has 0 aromatic carbocycles. The van der Waals surface area contributed by atoms with E-state index < -0.39 is 0 Å². The zero-order chi connectivity index (χ0) is 12.1. The topological polar surface area (TPSA) is 28.2 Å². The first-order valence-corrected chi connectivity index (χ1v) is 6.30. The fourth-order valence-electron chi connectivity index (χ4n) is 2.36. The molecule has 0 aliphatic carbocycles. The molecule has 1 aliphatic rings. The van der Waals surface area contributed by atoms with Gasteiger partial charge in [0.2, 0.25) is 0 Å². The molecule has 1 N–H and O–H groups in total. The first-order chi connectivity index (χ1) is 8.31. The van der Waals surface area contributed by atoms with Crippen LogP contribution < -0.4 is 5.32 Å². The molecule has 2 rings (SSSR count). The van der Waals surface area contributed by atoms with Crippen LogP contribution in [0.15, 0.2) is 30.9 Å². The van der Waals surface area contributed by atoms with Crippen LogP contribution in [-0.4, -0.2) is 36.1 Å². The summed E-state index contributed by atoms with van der Waals surface area (Å²) < 4.78 is 0. The smallest absolute Gasteiger partial charge is 0.0581 e. The summed E-state index contributed by atoms with van der Waals surface area (Å²) in [4.78, 5) is 7.16. The molecule has 108 valence electrons. The van der Waals surface area contributed by atoms with Gasteiger partial charge >= 0.3 is 0 Å². The van der Waals surface area contributed by atoms with Gasteiger partial charge in [0.1, 0.15) is 0 Å². The Bertz CT molecular complexity index is 379. The van der Waals surface area contributed by atoms with Crippen LogP contribution in [-0.2, 0) is 0 Å². The van der Waals surface area contributed by atoms with E-state index in [4.69, 9.17) is 0 Å². The molecule has 0 spiro atoms. The summed E-state index contributed by atoms with van der Waals surface area (Å²) in [6, 6.07) is 6.65. The molecule has 3 nitrogen and oxygen atoms in total. The van der Waals surface area contributed by atoms with Crippen LogP contribution in [0.1, 0.15) is 23.9 Å². The van der Waals surface area contributed by atoms with Crippen LogP contribution in [0.4, 0.5) is 0 Å². The lowest BCUT2D eigenvalue weighted by Gasteiger charge is -2.34. The average Bonchev–Trinajstić information content (AvgIpc) is 2.37. The SMILES string of the molecule is C=CC[C@@H](c1cccc(C)n1)N1CCNCC1.Cl.Cl. The van der Waals surface area contributed by atoms with E-state index in [2.05, 4.69) is 33.9 Å². The van der Waals surface area contributed by atoms with Gasteiger partial charge in [-0.25, -0.2) is 0 Å². The summed E-state index contributed by atoms with van der Waals surface area (Å²) in [5.41, 5.74) is 2.26. The first-order valence-electron chi connectivity index (χ1n) is 6.30. The van der Waals surface area contributed by atoms with Gasteiger partial charge in [0, 0.05) is 31.9 Å². The minimum Gasteiger partial charge on any atom is -0.314 e. The Morgan fingerprint density at radius 3 is 2.63 bits per heavy atom. The Labute approximate surface area is 128 Å². The van der Waals surface area contributed by atoms with Crippen molar-refractivity contribution in [3.63, 3.8) is 0 Å². The molecule has 5 heteroatoms. The molecule has 0 saturated carbocycles. The highest BCUT2D eigenvalue weighted by molar-refractivity contribution is 5.85. The maximum atomic E-state index is 4.66. The molecule has 19 heavy (non-hydrogen) atoms. The number of aromatic nitrogens is 1. The van der Waals surface area contributed by atoms with E-state index in [1.165, 1.54) is 5.69 Å². The van der Waals surface area contributed by atoms with E-state index in [1.54, 1.807) is 0 Å². The van der Waals surface area contributed by atoms with Gasteiger partial charge in [-0.2, -0.15) is 0 Å². The van der Waals surface area contributed by atoms with E-state index in [0.717, 1.165) is 38.3 Å². The molecule has 1 fully saturated rings. The normalized spacial score (nSPS) is 16.9. The van der Waals surface area contributed by atoms with Gasteiger partial charge in [-0.1, -0.05) is 12.1 Å². The Morgan fingerprint density at radius 1 is 1.37 bits per heavy atom. The van der Waals surface area contributed by atoms with Crippen molar-refractivity contribution >= 4 is 24.8 Å². The lowest BCUT2D eigenvalue weighted by atomic mass is 10.1. The number of hydrogen-bond acceptors (Lipinski definition) is 3. The van der Waals surface area contributed by atoms with E-state index in [9.17, 15) is 0 Å². The van der Waals surface area contributed by atoms with Crippen LogP contribution in [0.2, 0.25) is 0 Å². The molecule has 0 amide bonds. The highest BCUT2D eigenvalue weighted by Crippen LogP contribution is 2.23. The van der Waals surface area contributed by atoms with Gasteiger partial charge in [-0.15, -0.1) is 31.4 Å². The molecule has 1 saturated heterocycles. The maximum absolute atomic E-state index is 4.66. The molecule has 1 aliphatic heterocycles. The Balaban J connectivity index is 0.00000162. The van der Waals surface area contributed by atoms with Crippen molar-refractivity contribution in [2.75, 3.05) is 26.2 Å². The number of rotatable bonds is 4. The Kier molecular flexibility index (Phi) is 9.02. The van der Waals surface area contributed by atoms with Crippen LogP contribution in [0.25, 0.3) is 0 Å². The predicted octanol–water partition coefficient (Wildman–Crippen LogP) is 2.76. The number of piperazine rings is 1. The largest absolute Gasteiger partial charge is 0.314 e. The molecule has 1 aromatic rings. The lowest BCUT2D eigenvalue weighted by molar-refractivity contribution is 0.171. The third-order valence-electron chi connectivity index (χ3n) is 3.23. The third-order valence-corrected chi connectivity index (χ3v) is 3.23. The van der Waals surface area contributed by atoms with Crippen LogP contribution in [0.5, 0.6) is 0 Å². The first kappa shape index (κ1) is 18.4. The summed E-state index contributed by atoms with van der Waals surface area (Å²) in [6.45, 7) is 10.2. The van der Waals surface area contributed by atoms with Gasteiger partial charge in [0.15, 0.2) is 0 Å². The quantitative estimate of drug-likeness (QED) is 0.867. The van der Waals surface area contributed by atoms with Gasteiger partial charge < -0.3 is 5.32 Å². The number of pyridine rings is 1. The molecule has 2 heterocycles. The van der Waals surface area contributed by atoms with Crippen molar-refractivity contribution in [1.29, 1.82) is 0 Å². The highest BCUT2D eigenvalue weighted by Gasteiger charge is 2.21. The van der Waals surface area contributed by atoms with Crippen molar-refractivity contribution < 1.29 is 0 Å². The summed E-state index contributed by atoms with van der Waals surface area (Å²) >= 11 is 0. The maximum Gasteiger partial charge on any atom is 0.0581 e. The second-order valence-corrected chi connectivity index (χ2v) is 4.53. The zero-order valence-corrected chi connectivity index (χ0v) is 13.0. The van der Waals surface area contributed by atoms with E-state index >= 15 is 0 Å². The fourth-order valence-corrected chi connectivity index (χ4v) is 2.36. The molecule has 0 unspecified atom stereocenters. The van der Waals surface area contributed by atoms with Crippen molar-refractivity contribution in [2.45, 2.75) is 19.4 Å². The molecule has 1 aromatic heterocycles. The molecule has 0 radical (unpaired) electrons. The van der Waals surface area contributed by atoms with E-state index in [1.807, 2.05) is 19.1 Å². The molecule has 0 bridgehead atoms. The van der Waals surface area contributed by atoms with Crippen molar-refractivity contribution in [1.82, 2.24) is 15.2 Å². The summed E-state index contributed by atoms with van der Waals surface area (Å²) in [6.07, 6.45) is 2.97. The van der Waals surface area contributed by atoms with Crippen LogP contribution in [0, 0.1) is 6.92 Å². The Hall–Kier alpha value is -0.610. The number of hydrogen-bond donors (Lipinski definition) is 1. The fraction of sp³-hybridized carbons (Fsp3) is 0.500. The number of nitrogens with zero attached hydrogens (tertiary/aromatic N) is 2. The second-order valence-electron chi connectivity index (χ2n) is 4.53. The van der Waals surface area contributed by atoms with Crippen molar-refractivity contribution in [3.05, 3.63) is 42.2 Å². The van der Waals surface area contributed by atoms with Crippen LogP contribution >= 0.6 is 24.8 Å². The van der Waals surface area contributed by atoms with E-state index in [-0.39, 0.29) is 24.8 Å². The highest BCUT2D eigenvalue weighted by atomic mass is 35.5. The van der Waals surface area contributed by atoms with Gasteiger partial charge in [0.05, 0.1) is 11.7 Å². The number of aryl methyl sites for hydroxylation is 1. The number of halogens is 2. The summed E-state index contributed by atoms with van der Waals surface area (Å²) in [5, 5.41) is 3.39. The zero-order valence-electron chi connectivity index (χ0n) is 11.3. The monoisotopic (exact) mass is 303 g/mol. The molecular formula is C14H23Cl2N3. The summed E-state index contributed by atoms with van der Waals surface area (Å²) in [5.74, 6) is 0. The Morgan fingerprint density at radius 2 is 2.05 bits per heavy atom. The summed E-state index contributed by atoms with van der Waals surface area (Å²) in [7, 11) is 0. The molecule has 1 atom stereocenters. The minimum absolute atomic E-state index is 0. The van der Waals surface area contributed by atoms with E-state index in [0.29, 0.717) is 6.04 Å². The molecular weight excluding hydrogens is 281 g/mol. The van der Waals surface area contributed by atoms with Gasteiger partial charge in [-0.3, -0.25) is 9.88 Å². The predicted molar refractivity (Wildman–Crippen MR) is 85.5 cm³/mol. The third kappa shape index (κ3) is 5.11. The van der Waals surface area contributed by atoms with Gasteiger partial charge in [-0.05, 0) is 25.5 Å². The van der Waals surface area contributed by atoms with Gasteiger partial charge in [0.25, 0.3) is 0 Å². The van der Waals surface area contributed by atoms with Crippen LogP contribution in [0.3, 0.4) is 0 Å². The van der Waals surface area contributed by atoms with Crippen molar-refractivity contribution in [2.24, 2.45) is 0 Å². The lowest BCUT2D eigenvalue weighted by Crippen LogP contribution is -2.45.